The van der Waals surface area contributed by atoms with E-state index in [9.17, 15) is 0 Å². The lowest BCUT2D eigenvalue weighted by molar-refractivity contribution is 0.190. The monoisotopic (exact) mass is 367 g/mol. The van der Waals surface area contributed by atoms with Crippen LogP contribution >= 0.6 is 23.6 Å². The number of nitrogens with zero attached hydrogens (tertiary/aromatic N) is 5. The van der Waals surface area contributed by atoms with Gasteiger partial charge in [-0.05, 0) is 49.3 Å². The van der Waals surface area contributed by atoms with E-state index in [1.54, 1.807) is 11.3 Å². The predicted molar refractivity (Wildman–Crippen MR) is 102 cm³/mol. The maximum absolute atomic E-state index is 5.59. The maximum Gasteiger partial charge on any atom is 0.203 e. The van der Waals surface area contributed by atoms with Gasteiger partial charge < -0.3 is 0 Å². The van der Waals surface area contributed by atoms with Crippen molar-refractivity contribution in [2.75, 3.05) is 6.54 Å². The molecule has 25 heavy (non-hydrogen) atoms. The number of likely N-dealkylation sites (tertiary alicyclic amines) is 1. The molecule has 1 fully saturated rings. The molecule has 0 spiro atoms. The molecule has 3 aromatic heterocycles. The summed E-state index contributed by atoms with van der Waals surface area (Å²) >= 11 is 7.40. The molecule has 1 aliphatic rings. The fourth-order valence-corrected chi connectivity index (χ4v) is 4.93. The topological polar surface area (TPSA) is 38.4 Å². The van der Waals surface area contributed by atoms with Crippen LogP contribution in [0.2, 0.25) is 0 Å². The number of hydrogen-bond donors (Lipinski definition) is 0. The fourth-order valence-electron chi connectivity index (χ4n) is 3.54. The number of rotatable bonds is 3. The highest BCUT2D eigenvalue weighted by Gasteiger charge is 2.29. The normalized spacial score (nSPS) is 18.5. The van der Waals surface area contributed by atoms with E-state index in [4.69, 9.17) is 17.2 Å². The van der Waals surface area contributed by atoms with Gasteiger partial charge in [-0.3, -0.25) is 9.30 Å². The first kappa shape index (κ1) is 15.2. The van der Waals surface area contributed by atoms with E-state index in [1.165, 1.54) is 16.1 Å². The zero-order valence-corrected chi connectivity index (χ0v) is 15.2. The van der Waals surface area contributed by atoms with Crippen LogP contribution < -0.4 is 0 Å². The number of pyridine rings is 1. The minimum atomic E-state index is 0.351. The fraction of sp³-hybridized carbons (Fsp3) is 0.278. The first-order valence-corrected chi connectivity index (χ1v) is 9.66. The smallest absolute Gasteiger partial charge is 0.203 e. The highest BCUT2D eigenvalue weighted by molar-refractivity contribution is 7.71. The number of hydrogen-bond acceptors (Lipinski definition) is 5. The van der Waals surface area contributed by atoms with Gasteiger partial charge in [-0.2, -0.15) is 5.10 Å². The Labute approximate surface area is 154 Å². The standard InChI is InChI=1S/C18H17N5S2/c24-18-22-11-4-3-9-16(22)20-23(18)12-21-10-5-7-14(21)17-19-13-6-1-2-8-15(13)25-17/h1-4,6,8-9,11,14H,5,7,10,12H2. The molecule has 0 radical (unpaired) electrons. The molecule has 0 amide bonds. The first-order chi connectivity index (χ1) is 12.3. The molecule has 0 N–H and O–H groups in total. The highest BCUT2D eigenvalue weighted by Crippen LogP contribution is 2.36. The molecule has 1 atom stereocenters. The van der Waals surface area contributed by atoms with E-state index in [0.717, 1.165) is 28.9 Å². The van der Waals surface area contributed by atoms with Gasteiger partial charge >= 0.3 is 0 Å². The molecule has 0 saturated carbocycles. The van der Waals surface area contributed by atoms with Crippen molar-refractivity contribution in [3.05, 3.63) is 58.4 Å². The lowest BCUT2D eigenvalue weighted by Gasteiger charge is -2.22. The molecule has 7 heteroatoms. The molecule has 1 aliphatic heterocycles. The van der Waals surface area contributed by atoms with Crippen molar-refractivity contribution in [3.8, 4) is 0 Å². The number of aromatic nitrogens is 4. The SMILES string of the molecule is S=c1n(CN2CCCC2c2nc3ccccc3s2)nc2ccccn12. The predicted octanol–water partition coefficient (Wildman–Crippen LogP) is 4.27. The maximum atomic E-state index is 5.59. The van der Waals surface area contributed by atoms with Gasteiger partial charge in [-0.1, -0.05) is 18.2 Å². The molecule has 5 rings (SSSR count). The van der Waals surface area contributed by atoms with Crippen LogP contribution in [0.15, 0.2) is 48.7 Å². The Kier molecular flexibility index (Phi) is 3.65. The number of para-hydroxylation sites is 1. The van der Waals surface area contributed by atoms with Crippen LogP contribution in [-0.2, 0) is 6.67 Å². The van der Waals surface area contributed by atoms with Gasteiger partial charge in [0.2, 0.25) is 4.77 Å². The van der Waals surface area contributed by atoms with E-state index < -0.39 is 0 Å². The summed E-state index contributed by atoms with van der Waals surface area (Å²) < 4.78 is 5.88. The van der Waals surface area contributed by atoms with E-state index in [2.05, 4.69) is 28.2 Å². The van der Waals surface area contributed by atoms with Crippen LogP contribution in [0.5, 0.6) is 0 Å². The zero-order chi connectivity index (χ0) is 16.8. The van der Waals surface area contributed by atoms with Gasteiger partial charge in [0.05, 0.1) is 22.9 Å². The average Bonchev–Trinajstić information content (AvgIpc) is 3.33. The molecule has 0 aliphatic carbocycles. The van der Waals surface area contributed by atoms with Crippen LogP contribution in [0.4, 0.5) is 0 Å². The minimum Gasteiger partial charge on any atom is -0.275 e. The summed E-state index contributed by atoms with van der Waals surface area (Å²) in [5.74, 6) is 0. The molecule has 5 nitrogen and oxygen atoms in total. The van der Waals surface area contributed by atoms with Gasteiger partial charge in [0.25, 0.3) is 0 Å². The second-order valence-corrected chi connectivity index (χ2v) is 7.77. The highest BCUT2D eigenvalue weighted by atomic mass is 32.1. The van der Waals surface area contributed by atoms with Gasteiger partial charge in [-0.15, -0.1) is 11.3 Å². The largest absolute Gasteiger partial charge is 0.275 e. The summed E-state index contributed by atoms with van der Waals surface area (Å²) in [4.78, 5) is 7.31. The Morgan fingerprint density at radius 2 is 2.04 bits per heavy atom. The van der Waals surface area contributed by atoms with Crippen molar-refractivity contribution in [2.24, 2.45) is 0 Å². The number of fused-ring (bicyclic) bond motifs is 2. The summed E-state index contributed by atoms with van der Waals surface area (Å²) in [5.41, 5.74) is 1.99. The summed E-state index contributed by atoms with van der Waals surface area (Å²) in [6, 6.07) is 14.7. The van der Waals surface area contributed by atoms with E-state index in [0.29, 0.717) is 12.7 Å². The van der Waals surface area contributed by atoms with Gasteiger partial charge in [-0.25, -0.2) is 9.67 Å². The molecule has 1 aromatic carbocycles. The van der Waals surface area contributed by atoms with Crippen LogP contribution in [-0.4, -0.2) is 30.6 Å². The average molecular weight is 368 g/mol. The third-order valence-corrected chi connectivity index (χ3v) is 6.31. The quantitative estimate of drug-likeness (QED) is 0.507. The summed E-state index contributed by atoms with van der Waals surface area (Å²) in [5, 5.41) is 5.87. The Hall–Kier alpha value is -2.09. The second-order valence-electron chi connectivity index (χ2n) is 6.34. The van der Waals surface area contributed by atoms with Gasteiger partial charge in [0, 0.05) is 12.7 Å². The molecule has 1 saturated heterocycles. The molecular formula is C18H17N5S2. The molecule has 126 valence electrons. The Balaban J connectivity index is 1.48. The Morgan fingerprint density at radius 3 is 2.92 bits per heavy atom. The second kappa shape index (κ2) is 6.01. The van der Waals surface area contributed by atoms with Crippen molar-refractivity contribution in [3.63, 3.8) is 0 Å². The van der Waals surface area contributed by atoms with Crippen molar-refractivity contribution < 1.29 is 0 Å². The van der Waals surface area contributed by atoms with Crippen molar-refractivity contribution in [1.82, 2.24) is 24.1 Å². The first-order valence-electron chi connectivity index (χ1n) is 8.43. The molecule has 0 bridgehead atoms. The van der Waals surface area contributed by atoms with Crippen LogP contribution in [0.1, 0.15) is 23.9 Å². The lowest BCUT2D eigenvalue weighted by atomic mass is 10.2. The summed E-state index contributed by atoms with van der Waals surface area (Å²) in [7, 11) is 0. The van der Waals surface area contributed by atoms with Crippen LogP contribution in [0.25, 0.3) is 15.9 Å². The molecule has 1 unspecified atom stereocenters. The molecule has 4 aromatic rings. The van der Waals surface area contributed by atoms with E-state index in [1.807, 2.05) is 39.5 Å². The minimum absolute atomic E-state index is 0.351. The van der Waals surface area contributed by atoms with Crippen molar-refractivity contribution in [1.29, 1.82) is 0 Å². The van der Waals surface area contributed by atoms with E-state index in [-0.39, 0.29) is 0 Å². The third-order valence-electron chi connectivity index (χ3n) is 4.76. The van der Waals surface area contributed by atoms with Crippen molar-refractivity contribution in [2.45, 2.75) is 25.6 Å². The van der Waals surface area contributed by atoms with E-state index >= 15 is 0 Å². The molecule has 4 heterocycles. The lowest BCUT2D eigenvalue weighted by Crippen LogP contribution is -2.26. The van der Waals surface area contributed by atoms with Gasteiger partial charge in [0.1, 0.15) is 5.01 Å². The number of thiazole rings is 1. The number of benzene rings is 1. The van der Waals surface area contributed by atoms with Gasteiger partial charge in [0.15, 0.2) is 5.65 Å². The van der Waals surface area contributed by atoms with Crippen molar-refractivity contribution >= 4 is 39.4 Å². The Morgan fingerprint density at radius 1 is 1.16 bits per heavy atom. The summed E-state index contributed by atoms with van der Waals surface area (Å²) in [6.07, 6.45) is 4.29. The summed E-state index contributed by atoms with van der Waals surface area (Å²) in [6.45, 7) is 1.76. The zero-order valence-electron chi connectivity index (χ0n) is 13.6. The molecular weight excluding hydrogens is 350 g/mol. The van der Waals surface area contributed by atoms with Crippen LogP contribution in [0.3, 0.4) is 0 Å². The Bertz CT molecular complexity index is 1080. The van der Waals surface area contributed by atoms with Crippen LogP contribution in [0, 0.1) is 4.77 Å². The third kappa shape index (κ3) is 2.59.